The monoisotopic (exact) mass is 352 g/mol. The third-order valence-corrected chi connectivity index (χ3v) is 3.95. The number of anilines is 1. The first kappa shape index (κ1) is 17.7. The molecule has 2 aromatic carbocycles. The molecule has 6 heteroatoms. The molecule has 2 N–H and O–H groups in total. The summed E-state index contributed by atoms with van der Waals surface area (Å²) in [5.41, 5.74) is 2.00. The van der Waals surface area contributed by atoms with Crippen molar-refractivity contribution in [2.45, 2.75) is 25.8 Å². The van der Waals surface area contributed by atoms with Crippen LogP contribution in [-0.2, 0) is 9.53 Å². The van der Waals surface area contributed by atoms with Gasteiger partial charge in [-0.15, -0.1) is 0 Å². The van der Waals surface area contributed by atoms with Crippen LogP contribution in [-0.4, -0.2) is 30.4 Å². The zero-order valence-electron chi connectivity index (χ0n) is 14.5. The van der Waals surface area contributed by atoms with Crippen molar-refractivity contribution in [2.75, 3.05) is 11.9 Å². The van der Waals surface area contributed by atoms with Crippen molar-refractivity contribution in [3.63, 3.8) is 0 Å². The molecule has 1 fully saturated rings. The van der Waals surface area contributed by atoms with Gasteiger partial charge >= 0.3 is 5.97 Å². The van der Waals surface area contributed by atoms with Crippen LogP contribution in [0.25, 0.3) is 0 Å². The molecule has 0 atom stereocenters. The van der Waals surface area contributed by atoms with Crippen molar-refractivity contribution in [3.8, 4) is 0 Å². The van der Waals surface area contributed by atoms with E-state index in [1.54, 1.807) is 42.5 Å². The fourth-order valence-corrected chi connectivity index (χ4v) is 2.46. The smallest absolute Gasteiger partial charge is 0.340 e. The number of carbonyl (C=O) groups excluding carboxylic acids is 3. The number of aryl methyl sites for hydroxylation is 1. The predicted molar refractivity (Wildman–Crippen MR) is 97.0 cm³/mol. The molecule has 134 valence electrons. The zero-order valence-corrected chi connectivity index (χ0v) is 14.5. The van der Waals surface area contributed by atoms with Crippen LogP contribution in [0.5, 0.6) is 0 Å². The van der Waals surface area contributed by atoms with Crippen LogP contribution in [0.1, 0.15) is 39.1 Å². The van der Waals surface area contributed by atoms with Gasteiger partial charge in [0.2, 0.25) is 0 Å². The van der Waals surface area contributed by atoms with Gasteiger partial charge in [0.15, 0.2) is 6.61 Å². The maximum absolute atomic E-state index is 12.4. The molecule has 0 radical (unpaired) electrons. The number of amides is 2. The van der Waals surface area contributed by atoms with Crippen molar-refractivity contribution in [2.24, 2.45) is 0 Å². The molecule has 1 aliphatic carbocycles. The van der Waals surface area contributed by atoms with E-state index in [-0.39, 0.29) is 30.0 Å². The lowest BCUT2D eigenvalue weighted by molar-refractivity contribution is -0.124. The Balaban J connectivity index is 1.66. The van der Waals surface area contributed by atoms with E-state index < -0.39 is 5.97 Å². The number of hydrogen-bond donors (Lipinski definition) is 2. The first-order valence-corrected chi connectivity index (χ1v) is 8.46. The van der Waals surface area contributed by atoms with E-state index in [0.29, 0.717) is 11.3 Å². The standard InChI is InChI=1S/C20H20N2O4/c1-13-5-4-6-14(11-13)19(24)22-17-8-3-2-7-16(17)20(25)26-12-18(23)21-15-9-10-15/h2-8,11,15H,9-10,12H2,1H3,(H,21,23)(H,22,24). The van der Waals surface area contributed by atoms with Crippen molar-refractivity contribution in [1.29, 1.82) is 0 Å². The summed E-state index contributed by atoms with van der Waals surface area (Å²) in [6.45, 7) is 1.56. The molecule has 0 aliphatic heterocycles. The quantitative estimate of drug-likeness (QED) is 0.783. The van der Waals surface area contributed by atoms with Crippen LogP contribution >= 0.6 is 0 Å². The molecule has 1 saturated carbocycles. The van der Waals surface area contributed by atoms with Crippen LogP contribution in [0.3, 0.4) is 0 Å². The Morgan fingerprint density at radius 3 is 2.58 bits per heavy atom. The average molecular weight is 352 g/mol. The number of ether oxygens (including phenoxy) is 1. The second kappa shape index (κ2) is 7.82. The van der Waals surface area contributed by atoms with E-state index in [1.807, 2.05) is 13.0 Å². The van der Waals surface area contributed by atoms with Gasteiger partial charge in [0.05, 0.1) is 11.3 Å². The lowest BCUT2D eigenvalue weighted by Gasteiger charge is -2.11. The van der Waals surface area contributed by atoms with Crippen molar-refractivity contribution in [1.82, 2.24) is 5.32 Å². The Hall–Kier alpha value is -3.15. The number of para-hydroxylation sites is 1. The summed E-state index contributed by atoms with van der Waals surface area (Å²) in [5, 5.41) is 5.47. The van der Waals surface area contributed by atoms with E-state index in [1.165, 1.54) is 0 Å². The molecule has 0 unspecified atom stereocenters. The summed E-state index contributed by atoms with van der Waals surface area (Å²) in [6.07, 6.45) is 1.93. The molecule has 3 rings (SSSR count). The second-order valence-electron chi connectivity index (χ2n) is 6.29. The fraction of sp³-hybridized carbons (Fsp3) is 0.250. The Kier molecular flexibility index (Phi) is 5.31. The van der Waals surface area contributed by atoms with E-state index in [2.05, 4.69) is 10.6 Å². The Morgan fingerprint density at radius 2 is 1.85 bits per heavy atom. The largest absolute Gasteiger partial charge is 0.452 e. The zero-order chi connectivity index (χ0) is 18.5. The third kappa shape index (κ3) is 4.69. The maximum atomic E-state index is 12.4. The molecule has 6 nitrogen and oxygen atoms in total. The number of benzene rings is 2. The Morgan fingerprint density at radius 1 is 1.08 bits per heavy atom. The number of nitrogens with one attached hydrogen (secondary N) is 2. The number of esters is 1. The van der Waals surface area contributed by atoms with Gasteiger partial charge in [-0.2, -0.15) is 0 Å². The van der Waals surface area contributed by atoms with Crippen molar-refractivity contribution >= 4 is 23.5 Å². The summed E-state index contributed by atoms with van der Waals surface area (Å²) in [7, 11) is 0. The normalized spacial score (nSPS) is 13.0. The SMILES string of the molecule is Cc1cccc(C(=O)Nc2ccccc2C(=O)OCC(=O)NC2CC2)c1. The summed E-state index contributed by atoms with van der Waals surface area (Å²) in [4.78, 5) is 36.3. The van der Waals surface area contributed by atoms with Gasteiger partial charge in [-0.1, -0.05) is 29.8 Å². The first-order valence-electron chi connectivity index (χ1n) is 8.46. The van der Waals surface area contributed by atoms with Crippen LogP contribution < -0.4 is 10.6 Å². The third-order valence-electron chi connectivity index (χ3n) is 3.95. The minimum Gasteiger partial charge on any atom is -0.452 e. The molecular formula is C20H20N2O4. The van der Waals surface area contributed by atoms with Gasteiger partial charge < -0.3 is 15.4 Å². The van der Waals surface area contributed by atoms with E-state index in [9.17, 15) is 14.4 Å². The molecule has 0 saturated heterocycles. The molecule has 0 bridgehead atoms. The number of hydrogen-bond acceptors (Lipinski definition) is 4. The van der Waals surface area contributed by atoms with E-state index >= 15 is 0 Å². The highest BCUT2D eigenvalue weighted by atomic mass is 16.5. The molecule has 0 aromatic heterocycles. The lowest BCUT2D eigenvalue weighted by Crippen LogP contribution is -2.30. The minimum atomic E-state index is -0.656. The van der Waals surface area contributed by atoms with Gasteiger partial charge in [-0.3, -0.25) is 9.59 Å². The van der Waals surface area contributed by atoms with Crippen LogP contribution in [0.15, 0.2) is 48.5 Å². The van der Waals surface area contributed by atoms with Crippen LogP contribution in [0, 0.1) is 6.92 Å². The minimum absolute atomic E-state index is 0.202. The molecule has 0 spiro atoms. The Bertz CT molecular complexity index is 843. The van der Waals surface area contributed by atoms with Gasteiger partial charge in [0.25, 0.3) is 11.8 Å². The second-order valence-corrected chi connectivity index (χ2v) is 6.29. The van der Waals surface area contributed by atoms with Gasteiger partial charge in [0.1, 0.15) is 0 Å². The maximum Gasteiger partial charge on any atom is 0.340 e. The van der Waals surface area contributed by atoms with Crippen molar-refractivity contribution < 1.29 is 19.1 Å². The average Bonchev–Trinajstić information content (AvgIpc) is 3.44. The van der Waals surface area contributed by atoms with E-state index in [0.717, 1.165) is 18.4 Å². The first-order chi connectivity index (χ1) is 12.5. The van der Waals surface area contributed by atoms with Crippen molar-refractivity contribution in [3.05, 3.63) is 65.2 Å². The van der Waals surface area contributed by atoms with Gasteiger partial charge in [0, 0.05) is 11.6 Å². The highest BCUT2D eigenvalue weighted by molar-refractivity contribution is 6.08. The number of rotatable bonds is 6. The number of carbonyl (C=O) groups is 3. The lowest BCUT2D eigenvalue weighted by atomic mass is 10.1. The molecule has 2 amide bonds. The highest BCUT2D eigenvalue weighted by Crippen LogP contribution is 2.19. The topological polar surface area (TPSA) is 84.5 Å². The highest BCUT2D eigenvalue weighted by Gasteiger charge is 2.24. The van der Waals surface area contributed by atoms with Gasteiger partial charge in [-0.25, -0.2) is 4.79 Å². The molecule has 1 aliphatic rings. The predicted octanol–water partition coefficient (Wildman–Crippen LogP) is 2.68. The summed E-state index contributed by atoms with van der Waals surface area (Å²) in [6, 6.07) is 13.9. The molecule has 2 aromatic rings. The summed E-state index contributed by atoms with van der Waals surface area (Å²) < 4.78 is 5.06. The van der Waals surface area contributed by atoms with Crippen LogP contribution in [0.4, 0.5) is 5.69 Å². The summed E-state index contributed by atoms with van der Waals surface area (Å²) in [5.74, 6) is -1.29. The van der Waals surface area contributed by atoms with Gasteiger partial charge in [-0.05, 0) is 44.0 Å². The molecular weight excluding hydrogens is 332 g/mol. The molecule has 26 heavy (non-hydrogen) atoms. The Labute approximate surface area is 151 Å². The molecule has 0 heterocycles. The summed E-state index contributed by atoms with van der Waals surface area (Å²) >= 11 is 0. The fourth-order valence-electron chi connectivity index (χ4n) is 2.46. The van der Waals surface area contributed by atoms with Crippen LogP contribution in [0.2, 0.25) is 0 Å². The van der Waals surface area contributed by atoms with E-state index in [4.69, 9.17) is 4.74 Å².